The summed E-state index contributed by atoms with van der Waals surface area (Å²) in [5.74, 6) is 0. The maximum absolute atomic E-state index is 6.39. The molecule has 1 atom stereocenters. The highest BCUT2D eigenvalue weighted by Crippen LogP contribution is 2.29. The zero-order chi connectivity index (χ0) is 13.1. The Morgan fingerprint density at radius 1 is 1.17 bits per heavy atom. The van der Waals surface area contributed by atoms with Crippen LogP contribution in [0.25, 0.3) is 0 Å². The van der Waals surface area contributed by atoms with Gasteiger partial charge in [0.15, 0.2) is 0 Å². The first kappa shape index (κ1) is 13.1. The highest BCUT2D eigenvalue weighted by molar-refractivity contribution is 6.32. The van der Waals surface area contributed by atoms with Crippen molar-refractivity contribution in [3.05, 3.63) is 63.9 Å². The minimum Gasteiger partial charge on any atom is -0.309 e. The quantitative estimate of drug-likeness (QED) is 0.911. The zero-order valence-corrected chi connectivity index (χ0v) is 11.6. The van der Waals surface area contributed by atoms with Gasteiger partial charge in [0.05, 0.1) is 6.04 Å². The molecule has 0 saturated heterocycles. The van der Waals surface area contributed by atoms with Crippen LogP contribution in [-0.4, -0.2) is 12.0 Å². The third-order valence-corrected chi connectivity index (χ3v) is 3.61. The van der Waals surface area contributed by atoms with Gasteiger partial charge < -0.3 is 5.32 Å². The van der Waals surface area contributed by atoms with E-state index in [1.807, 2.05) is 45.3 Å². The summed E-state index contributed by atoms with van der Waals surface area (Å²) in [6.07, 6.45) is 1.90. The van der Waals surface area contributed by atoms with Gasteiger partial charge in [-0.25, -0.2) is 0 Å². The van der Waals surface area contributed by atoms with Gasteiger partial charge in [-0.2, -0.15) is 0 Å². The van der Waals surface area contributed by atoms with Crippen LogP contribution < -0.4 is 5.32 Å². The van der Waals surface area contributed by atoms with Gasteiger partial charge in [0.25, 0.3) is 0 Å². The second kappa shape index (κ2) is 5.51. The molecule has 2 aromatic rings. The smallest absolute Gasteiger partial charge is 0.0604 e. The summed E-state index contributed by atoms with van der Waals surface area (Å²) < 4.78 is 0. The standard InChI is InChI=1S/C15H17ClN2/c1-10-5-4-6-13(14(10)16)15(17-3)12-8-7-11(2)18-9-12/h4-9,15,17H,1-3H3. The van der Waals surface area contributed by atoms with Crippen molar-refractivity contribution in [2.45, 2.75) is 19.9 Å². The monoisotopic (exact) mass is 260 g/mol. The number of hydrogen-bond acceptors (Lipinski definition) is 2. The first-order valence-electron chi connectivity index (χ1n) is 5.98. The molecule has 1 heterocycles. The Balaban J connectivity index is 2.45. The normalized spacial score (nSPS) is 12.4. The fourth-order valence-corrected chi connectivity index (χ4v) is 2.28. The summed E-state index contributed by atoms with van der Waals surface area (Å²) in [5.41, 5.74) is 4.32. The zero-order valence-electron chi connectivity index (χ0n) is 10.9. The van der Waals surface area contributed by atoms with Gasteiger partial charge >= 0.3 is 0 Å². The van der Waals surface area contributed by atoms with Crippen molar-refractivity contribution < 1.29 is 0 Å². The second-order valence-corrected chi connectivity index (χ2v) is 4.81. The second-order valence-electron chi connectivity index (χ2n) is 4.43. The first-order valence-corrected chi connectivity index (χ1v) is 6.36. The largest absolute Gasteiger partial charge is 0.309 e. The Morgan fingerprint density at radius 3 is 2.56 bits per heavy atom. The van der Waals surface area contributed by atoms with E-state index in [-0.39, 0.29) is 6.04 Å². The predicted octanol–water partition coefficient (Wildman–Crippen LogP) is 3.66. The van der Waals surface area contributed by atoms with E-state index in [1.54, 1.807) is 0 Å². The molecule has 0 bridgehead atoms. The first-order chi connectivity index (χ1) is 8.63. The lowest BCUT2D eigenvalue weighted by atomic mass is 9.98. The molecule has 0 amide bonds. The summed E-state index contributed by atoms with van der Waals surface area (Å²) in [6.45, 7) is 4.00. The number of nitrogens with zero attached hydrogens (tertiary/aromatic N) is 1. The number of halogens is 1. The molecule has 0 aliphatic heterocycles. The summed E-state index contributed by atoms with van der Waals surface area (Å²) in [4.78, 5) is 4.34. The molecule has 1 aromatic carbocycles. The minimum atomic E-state index is 0.0745. The minimum absolute atomic E-state index is 0.0745. The number of aromatic nitrogens is 1. The maximum atomic E-state index is 6.39. The molecule has 1 aromatic heterocycles. The van der Waals surface area contributed by atoms with Gasteiger partial charge in [0.1, 0.15) is 0 Å². The summed E-state index contributed by atoms with van der Waals surface area (Å²) in [5, 5.41) is 4.11. The lowest BCUT2D eigenvalue weighted by molar-refractivity contribution is 0.688. The van der Waals surface area contributed by atoms with Crippen molar-refractivity contribution in [2.75, 3.05) is 7.05 Å². The predicted molar refractivity (Wildman–Crippen MR) is 76.1 cm³/mol. The summed E-state index contributed by atoms with van der Waals surface area (Å²) >= 11 is 6.39. The Hall–Kier alpha value is -1.38. The SMILES string of the molecule is CNC(c1ccc(C)nc1)c1cccc(C)c1Cl. The van der Waals surface area contributed by atoms with Gasteiger partial charge in [0, 0.05) is 16.9 Å². The van der Waals surface area contributed by atoms with Gasteiger partial charge in [-0.05, 0) is 43.7 Å². The molecule has 18 heavy (non-hydrogen) atoms. The lowest BCUT2D eigenvalue weighted by Crippen LogP contribution is -2.18. The number of aryl methyl sites for hydroxylation is 2. The molecule has 0 saturated carbocycles. The van der Waals surface area contributed by atoms with Crippen LogP contribution >= 0.6 is 11.6 Å². The Kier molecular flexibility index (Phi) is 4.00. The van der Waals surface area contributed by atoms with Crippen LogP contribution in [0.4, 0.5) is 0 Å². The van der Waals surface area contributed by atoms with Gasteiger partial charge in [-0.3, -0.25) is 4.98 Å². The number of hydrogen-bond donors (Lipinski definition) is 1. The highest BCUT2D eigenvalue weighted by atomic mass is 35.5. The van der Waals surface area contributed by atoms with Gasteiger partial charge in [-0.1, -0.05) is 35.9 Å². The molecule has 1 unspecified atom stereocenters. The summed E-state index contributed by atoms with van der Waals surface area (Å²) in [6, 6.07) is 10.3. The van der Waals surface area contributed by atoms with Crippen molar-refractivity contribution in [3.8, 4) is 0 Å². The molecule has 0 spiro atoms. The van der Waals surface area contributed by atoms with Crippen LogP contribution in [0.1, 0.15) is 28.4 Å². The van der Waals surface area contributed by atoms with E-state index < -0.39 is 0 Å². The fourth-order valence-electron chi connectivity index (χ4n) is 2.04. The van der Waals surface area contributed by atoms with E-state index in [0.29, 0.717) is 0 Å². The third-order valence-electron chi connectivity index (χ3n) is 3.09. The van der Waals surface area contributed by atoms with Crippen molar-refractivity contribution >= 4 is 11.6 Å². The van der Waals surface area contributed by atoms with E-state index in [4.69, 9.17) is 11.6 Å². The number of rotatable bonds is 3. The molecule has 0 aliphatic rings. The molecule has 0 aliphatic carbocycles. The molecule has 1 N–H and O–H groups in total. The maximum Gasteiger partial charge on any atom is 0.0604 e. The van der Waals surface area contributed by atoms with Crippen molar-refractivity contribution in [1.29, 1.82) is 0 Å². The molecule has 2 rings (SSSR count). The fraction of sp³-hybridized carbons (Fsp3) is 0.267. The van der Waals surface area contributed by atoms with E-state index in [1.165, 1.54) is 0 Å². The van der Waals surface area contributed by atoms with Crippen LogP contribution in [0.5, 0.6) is 0 Å². The van der Waals surface area contributed by atoms with E-state index in [2.05, 4.69) is 22.4 Å². The van der Waals surface area contributed by atoms with Gasteiger partial charge in [-0.15, -0.1) is 0 Å². The molecule has 2 nitrogen and oxygen atoms in total. The average Bonchev–Trinajstić information content (AvgIpc) is 2.37. The van der Waals surface area contributed by atoms with Crippen LogP contribution in [-0.2, 0) is 0 Å². The van der Waals surface area contributed by atoms with Crippen LogP contribution in [0, 0.1) is 13.8 Å². The van der Waals surface area contributed by atoms with E-state index in [0.717, 1.165) is 27.4 Å². The Labute approximate surface area is 113 Å². The van der Waals surface area contributed by atoms with E-state index >= 15 is 0 Å². The number of nitrogens with one attached hydrogen (secondary N) is 1. The van der Waals surface area contributed by atoms with Crippen LogP contribution in [0.2, 0.25) is 5.02 Å². The number of benzene rings is 1. The Bertz CT molecular complexity index is 535. The lowest BCUT2D eigenvalue weighted by Gasteiger charge is -2.19. The van der Waals surface area contributed by atoms with E-state index in [9.17, 15) is 0 Å². The van der Waals surface area contributed by atoms with Crippen molar-refractivity contribution in [3.63, 3.8) is 0 Å². The Morgan fingerprint density at radius 2 is 1.94 bits per heavy atom. The van der Waals surface area contributed by atoms with Crippen molar-refractivity contribution in [2.24, 2.45) is 0 Å². The number of pyridine rings is 1. The molecule has 0 radical (unpaired) electrons. The summed E-state index contributed by atoms with van der Waals surface area (Å²) in [7, 11) is 1.93. The molecule has 3 heteroatoms. The van der Waals surface area contributed by atoms with Crippen LogP contribution in [0.15, 0.2) is 36.5 Å². The highest BCUT2D eigenvalue weighted by Gasteiger charge is 2.16. The molecular weight excluding hydrogens is 244 g/mol. The third kappa shape index (κ3) is 2.55. The van der Waals surface area contributed by atoms with Crippen molar-refractivity contribution in [1.82, 2.24) is 10.3 Å². The van der Waals surface area contributed by atoms with Gasteiger partial charge in [0.2, 0.25) is 0 Å². The molecular formula is C15H17ClN2. The molecule has 94 valence electrons. The average molecular weight is 261 g/mol. The molecule has 0 fully saturated rings. The van der Waals surface area contributed by atoms with Crippen LogP contribution in [0.3, 0.4) is 0 Å². The topological polar surface area (TPSA) is 24.9 Å².